The molecular formula is C11H11N3O5. The minimum Gasteiger partial charge on any atom is -0.505 e. The Morgan fingerprint density at radius 1 is 1.21 bits per heavy atom. The number of nitrogens with zero attached hydrogens (tertiary/aromatic N) is 2. The third-order valence-corrected chi connectivity index (χ3v) is 2.81. The van der Waals surface area contributed by atoms with Gasteiger partial charge in [0.2, 0.25) is 0 Å². The fourth-order valence-corrected chi connectivity index (χ4v) is 1.83. The van der Waals surface area contributed by atoms with Crippen LogP contribution in [0.5, 0.6) is 0 Å². The van der Waals surface area contributed by atoms with Crippen LogP contribution < -0.4 is 11.2 Å². The minimum absolute atomic E-state index is 0.134. The highest BCUT2D eigenvalue weighted by molar-refractivity contribution is 6.25. The normalized spacial score (nSPS) is 15.7. The number of aromatic nitrogens is 3. The molecule has 1 aromatic heterocycles. The van der Waals surface area contributed by atoms with E-state index < -0.39 is 39.8 Å². The Labute approximate surface area is 106 Å². The van der Waals surface area contributed by atoms with Crippen molar-refractivity contribution >= 4 is 17.3 Å². The van der Waals surface area contributed by atoms with Crippen molar-refractivity contribution in [1.29, 1.82) is 0 Å². The second-order valence-electron chi connectivity index (χ2n) is 4.16. The number of carbonyl (C=O) groups excluding carboxylic acids is 2. The van der Waals surface area contributed by atoms with Crippen molar-refractivity contribution in [3.05, 3.63) is 32.1 Å². The predicted octanol–water partition coefficient (Wildman–Crippen LogP) is -0.940. The molecule has 0 radical (unpaired) electrons. The first-order valence-corrected chi connectivity index (χ1v) is 5.59. The first-order valence-electron chi connectivity index (χ1n) is 5.59. The van der Waals surface area contributed by atoms with E-state index in [1.54, 1.807) is 0 Å². The molecule has 8 heteroatoms. The highest BCUT2D eigenvalue weighted by atomic mass is 16.3. The Balaban J connectivity index is 2.67. The summed E-state index contributed by atoms with van der Waals surface area (Å²) >= 11 is 0. The van der Waals surface area contributed by atoms with Gasteiger partial charge in [0, 0.05) is 19.9 Å². The van der Waals surface area contributed by atoms with Gasteiger partial charge >= 0.3 is 5.69 Å². The van der Waals surface area contributed by atoms with Crippen LogP contribution in [0.15, 0.2) is 15.2 Å². The fourth-order valence-electron chi connectivity index (χ4n) is 1.83. The standard InChI is InChI=1S/C11H11N3O5/c1-14-11(19)12-10(18)8(13-14)9(17)7-5(15)3-2-4-6(7)16/h17H,2-4H2,1H3,(H,12,18,19). The van der Waals surface area contributed by atoms with Crippen molar-refractivity contribution in [2.45, 2.75) is 19.3 Å². The highest BCUT2D eigenvalue weighted by Crippen LogP contribution is 2.21. The topological polar surface area (TPSA) is 122 Å². The summed E-state index contributed by atoms with van der Waals surface area (Å²) in [5.74, 6) is -1.82. The van der Waals surface area contributed by atoms with Gasteiger partial charge in [0.1, 0.15) is 5.57 Å². The van der Waals surface area contributed by atoms with E-state index in [0.29, 0.717) is 6.42 Å². The lowest BCUT2D eigenvalue weighted by molar-refractivity contribution is -0.123. The van der Waals surface area contributed by atoms with Gasteiger partial charge in [-0.1, -0.05) is 0 Å². The molecule has 1 aliphatic rings. The van der Waals surface area contributed by atoms with Gasteiger partial charge in [0.05, 0.1) is 0 Å². The average molecular weight is 265 g/mol. The van der Waals surface area contributed by atoms with E-state index in [0.717, 1.165) is 4.68 Å². The number of hydrogen-bond donors (Lipinski definition) is 2. The first kappa shape index (κ1) is 12.9. The van der Waals surface area contributed by atoms with Crippen molar-refractivity contribution in [2.75, 3.05) is 0 Å². The molecule has 0 amide bonds. The van der Waals surface area contributed by atoms with Crippen LogP contribution in [0.2, 0.25) is 0 Å². The lowest BCUT2D eigenvalue weighted by atomic mass is 9.91. The molecule has 1 heterocycles. The summed E-state index contributed by atoms with van der Waals surface area (Å²) in [6, 6.07) is 0. The number of aryl methyl sites for hydroxylation is 1. The van der Waals surface area contributed by atoms with Gasteiger partial charge in [0.15, 0.2) is 23.0 Å². The Hall–Kier alpha value is -2.51. The Morgan fingerprint density at radius 3 is 2.37 bits per heavy atom. The number of Topliss-reactive ketones (excluding diaryl/α,β-unsaturated/α-hetero) is 2. The summed E-state index contributed by atoms with van der Waals surface area (Å²) in [7, 11) is 1.27. The Morgan fingerprint density at radius 2 is 1.79 bits per heavy atom. The van der Waals surface area contributed by atoms with E-state index in [-0.39, 0.29) is 12.8 Å². The van der Waals surface area contributed by atoms with Crippen molar-refractivity contribution in [3.63, 3.8) is 0 Å². The third-order valence-electron chi connectivity index (χ3n) is 2.81. The first-order chi connectivity index (χ1) is 8.91. The van der Waals surface area contributed by atoms with Crippen molar-refractivity contribution in [1.82, 2.24) is 14.8 Å². The molecule has 1 aliphatic carbocycles. The smallest absolute Gasteiger partial charge is 0.344 e. The van der Waals surface area contributed by atoms with Gasteiger partial charge in [-0.3, -0.25) is 19.4 Å². The van der Waals surface area contributed by atoms with E-state index in [1.807, 2.05) is 4.98 Å². The van der Waals surface area contributed by atoms with Gasteiger partial charge in [-0.15, -0.1) is 0 Å². The molecule has 0 spiro atoms. The molecule has 0 bridgehead atoms. The highest BCUT2D eigenvalue weighted by Gasteiger charge is 2.29. The van der Waals surface area contributed by atoms with Crippen molar-refractivity contribution in [2.24, 2.45) is 7.05 Å². The Kier molecular flexibility index (Phi) is 3.16. The molecule has 1 saturated carbocycles. The van der Waals surface area contributed by atoms with Crippen LogP contribution in [-0.2, 0) is 16.6 Å². The maximum atomic E-state index is 11.6. The number of aliphatic hydroxyl groups is 1. The van der Waals surface area contributed by atoms with Crippen LogP contribution in [0, 0.1) is 0 Å². The number of carbonyl (C=O) groups is 2. The molecular weight excluding hydrogens is 254 g/mol. The predicted molar refractivity (Wildman–Crippen MR) is 63.5 cm³/mol. The molecule has 19 heavy (non-hydrogen) atoms. The number of aliphatic hydroxyl groups excluding tert-OH is 1. The monoisotopic (exact) mass is 265 g/mol. The molecule has 2 rings (SSSR count). The van der Waals surface area contributed by atoms with Crippen LogP contribution in [-0.4, -0.2) is 31.4 Å². The quantitative estimate of drug-likeness (QED) is 0.384. The molecule has 0 saturated heterocycles. The fraction of sp³-hybridized carbons (Fsp3) is 0.364. The zero-order valence-electron chi connectivity index (χ0n) is 10.1. The lowest BCUT2D eigenvalue weighted by Gasteiger charge is -2.13. The lowest BCUT2D eigenvalue weighted by Crippen LogP contribution is -2.34. The van der Waals surface area contributed by atoms with Gasteiger partial charge in [-0.05, 0) is 6.42 Å². The molecule has 8 nitrogen and oxygen atoms in total. The second-order valence-corrected chi connectivity index (χ2v) is 4.16. The zero-order chi connectivity index (χ0) is 14.2. The van der Waals surface area contributed by atoms with Gasteiger partial charge < -0.3 is 5.11 Å². The third kappa shape index (κ3) is 2.24. The van der Waals surface area contributed by atoms with Crippen LogP contribution in [0.1, 0.15) is 25.0 Å². The summed E-state index contributed by atoms with van der Waals surface area (Å²) < 4.78 is 0.797. The largest absolute Gasteiger partial charge is 0.505 e. The number of nitrogens with one attached hydrogen (secondary N) is 1. The van der Waals surface area contributed by atoms with Gasteiger partial charge in [0.25, 0.3) is 5.56 Å². The summed E-state index contributed by atoms with van der Waals surface area (Å²) in [6.07, 6.45) is 0.690. The molecule has 1 fully saturated rings. The average Bonchev–Trinajstić information content (AvgIpc) is 2.33. The molecule has 0 atom stereocenters. The molecule has 100 valence electrons. The number of rotatable bonds is 1. The summed E-state index contributed by atoms with van der Waals surface area (Å²) in [6.45, 7) is 0. The van der Waals surface area contributed by atoms with E-state index >= 15 is 0 Å². The summed E-state index contributed by atoms with van der Waals surface area (Å²) in [4.78, 5) is 47.9. The second kappa shape index (κ2) is 4.63. The SMILES string of the molecule is Cn1nc(C(O)=C2C(=O)CCCC2=O)c(=O)[nH]c1=O. The summed E-state index contributed by atoms with van der Waals surface area (Å²) in [5.41, 5.74) is -2.63. The minimum atomic E-state index is -0.945. The van der Waals surface area contributed by atoms with Gasteiger partial charge in [-0.2, -0.15) is 5.10 Å². The number of H-pyrrole nitrogens is 1. The number of ketones is 2. The molecule has 1 aromatic rings. The van der Waals surface area contributed by atoms with Crippen molar-refractivity contribution in [3.8, 4) is 0 Å². The maximum absolute atomic E-state index is 11.6. The number of hydrogen-bond acceptors (Lipinski definition) is 6. The molecule has 0 aromatic carbocycles. The number of aromatic amines is 1. The van der Waals surface area contributed by atoms with Crippen molar-refractivity contribution < 1.29 is 14.7 Å². The van der Waals surface area contributed by atoms with Crippen LogP contribution in [0.25, 0.3) is 5.76 Å². The van der Waals surface area contributed by atoms with Crippen LogP contribution >= 0.6 is 0 Å². The van der Waals surface area contributed by atoms with E-state index in [4.69, 9.17) is 0 Å². The molecule has 2 N–H and O–H groups in total. The maximum Gasteiger partial charge on any atom is 0.344 e. The van der Waals surface area contributed by atoms with Crippen LogP contribution in [0.3, 0.4) is 0 Å². The van der Waals surface area contributed by atoms with E-state index in [2.05, 4.69) is 5.10 Å². The summed E-state index contributed by atoms with van der Waals surface area (Å²) in [5, 5.41) is 13.5. The van der Waals surface area contributed by atoms with E-state index in [9.17, 15) is 24.3 Å². The van der Waals surface area contributed by atoms with Crippen LogP contribution in [0.4, 0.5) is 0 Å². The number of allylic oxidation sites excluding steroid dienone is 1. The molecule has 0 aliphatic heterocycles. The Bertz CT molecular complexity index is 692. The van der Waals surface area contributed by atoms with Gasteiger partial charge in [-0.25, -0.2) is 9.48 Å². The van der Waals surface area contributed by atoms with E-state index in [1.165, 1.54) is 7.05 Å². The zero-order valence-corrected chi connectivity index (χ0v) is 10.1. The molecule has 0 unspecified atom stereocenters.